The van der Waals surface area contributed by atoms with E-state index in [1.165, 1.54) is 27.0 Å². The summed E-state index contributed by atoms with van der Waals surface area (Å²) in [5.41, 5.74) is 0.981. The maximum Gasteiger partial charge on any atom is 0.306 e. The van der Waals surface area contributed by atoms with Crippen LogP contribution >= 0.6 is 0 Å². The highest BCUT2D eigenvalue weighted by Gasteiger charge is 2.19. The SMILES string of the molecule is CC(=O)OCOCc1ccc(C(OC(C)=O)OC(C)=O)nc1. The van der Waals surface area contributed by atoms with Gasteiger partial charge < -0.3 is 18.9 Å². The second kappa shape index (κ2) is 8.73. The lowest BCUT2D eigenvalue weighted by Crippen LogP contribution is -2.16. The van der Waals surface area contributed by atoms with Crippen LogP contribution in [0, 0.1) is 0 Å². The third-order valence-electron chi connectivity index (χ3n) is 2.25. The van der Waals surface area contributed by atoms with Gasteiger partial charge in [0.05, 0.1) is 6.61 Å². The van der Waals surface area contributed by atoms with Crippen molar-refractivity contribution in [2.45, 2.75) is 33.7 Å². The van der Waals surface area contributed by atoms with Crippen LogP contribution in [0.5, 0.6) is 0 Å². The Hall–Kier alpha value is -2.48. The largest absolute Gasteiger partial charge is 0.439 e. The highest BCUT2D eigenvalue weighted by atomic mass is 16.7. The van der Waals surface area contributed by atoms with Crippen molar-refractivity contribution in [2.24, 2.45) is 0 Å². The van der Waals surface area contributed by atoms with Gasteiger partial charge in [0.15, 0.2) is 6.79 Å². The van der Waals surface area contributed by atoms with Gasteiger partial charge in [-0.15, -0.1) is 0 Å². The molecule has 0 aromatic carbocycles. The minimum absolute atomic E-state index is 0.152. The molecule has 0 fully saturated rings. The van der Waals surface area contributed by atoms with Crippen LogP contribution in [0.25, 0.3) is 0 Å². The minimum atomic E-state index is -1.19. The van der Waals surface area contributed by atoms with Crippen molar-refractivity contribution in [1.82, 2.24) is 4.98 Å². The first-order valence-corrected chi connectivity index (χ1v) is 6.39. The van der Waals surface area contributed by atoms with Crippen LogP contribution in [-0.2, 0) is 39.9 Å². The summed E-state index contributed by atoms with van der Waals surface area (Å²) in [4.78, 5) is 36.6. The molecule has 1 heterocycles. The van der Waals surface area contributed by atoms with Crippen molar-refractivity contribution >= 4 is 17.9 Å². The Bertz CT molecular complexity index is 510. The molecule has 0 bridgehead atoms. The van der Waals surface area contributed by atoms with Crippen LogP contribution in [-0.4, -0.2) is 29.7 Å². The smallest absolute Gasteiger partial charge is 0.306 e. The zero-order valence-corrected chi connectivity index (χ0v) is 12.5. The molecular formula is C14H17NO7. The number of hydrogen-bond acceptors (Lipinski definition) is 8. The summed E-state index contributed by atoms with van der Waals surface area (Å²) in [6.45, 7) is 3.72. The molecule has 120 valence electrons. The number of rotatable bonds is 7. The lowest BCUT2D eigenvalue weighted by Gasteiger charge is -2.16. The molecular weight excluding hydrogens is 294 g/mol. The lowest BCUT2D eigenvalue weighted by atomic mass is 10.2. The van der Waals surface area contributed by atoms with Gasteiger partial charge in [-0.1, -0.05) is 6.07 Å². The molecule has 0 saturated heterocycles. The minimum Gasteiger partial charge on any atom is -0.439 e. The molecule has 0 aliphatic carbocycles. The van der Waals surface area contributed by atoms with E-state index in [0.29, 0.717) is 5.56 Å². The Morgan fingerprint density at radius 2 is 1.68 bits per heavy atom. The Balaban J connectivity index is 2.61. The van der Waals surface area contributed by atoms with Gasteiger partial charge in [-0.3, -0.25) is 19.4 Å². The molecule has 0 atom stereocenters. The van der Waals surface area contributed by atoms with Crippen molar-refractivity contribution in [3.63, 3.8) is 0 Å². The summed E-state index contributed by atoms with van der Waals surface area (Å²) in [5, 5.41) is 0. The van der Waals surface area contributed by atoms with Crippen molar-refractivity contribution in [3.05, 3.63) is 29.6 Å². The average molecular weight is 311 g/mol. The van der Waals surface area contributed by atoms with E-state index in [0.717, 1.165) is 0 Å². The normalized spacial score (nSPS) is 10.2. The fourth-order valence-electron chi connectivity index (χ4n) is 1.39. The summed E-state index contributed by atoms with van der Waals surface area (Å²) in [6.07, 6.45) is 0.286. The van der Waals surface area contributed by atoms with Crippen LogP contribution in [0.2, 0.25) is 0 Å². The van der Waals surface area contributed by atoms with Gasteiger partial charge in [0.2, 0.25) is 0 Å². The monoisotopic (exact) mass is 311 g/mol. The van der Waals surface area contributed by atoms with E-state index in [4.69, 9.17) is 14.2 Å². The molecule has 0 aliphatic rings. The molecule has 0 unspecified atom stereocenters. The number of nitrogens with zero attached hydrogens (tertiary/aromatic N) is 1. The van der Waals surface area contributed by atoms with E-state index in [-0.39, 0.29) is 19.1 Å². The van der Waals surface area contributed by atoms with Gasteiger partial charge in [-0.25, -0.2) is 0 Å². The highest BCUT2D eigenvalue weighted by molar-refractivity contribution is 5.68. The zero-order valence-electron chi connectivity index (χ0n) is 12.5. The molecule has 0 amide bonds. The second-order valence-electron chi connectivity index (χ2n) is 4.24. The summed E-state index contributed by atoms with van der Waals surface area (Å²) in [5.74, 6) is -1.62. The van der Waals surface area contributed by atoms with E-state index in [1.54, 1.807) is 12.1 Å². The summed E-state index contributed by atoms with van der Waals surface area (Å²) in [7, 11) is 0. The zero-order chi connectivity index (χ0) is 16.5. The predicted octanol–water partition coefficient (Wildman–Crippen LogP) is 1.24. The molecule has 0 saturated carbocycles. The Morgan fingerprint density at radius 1 is 1.05 bits per heavy atom. The maximum atomic E-state index is 11.0. The number of hydrogen-bond donors (Lipinski definition) is 0. The first-order valence-electron chi connectivity index (χ1n) is 6.39. The van der Waals surface area contributed by atoms with E-state index in [2.05, 4.69) is 9.72 Å². The topological polar surface area (TPSA) is 101 Å². The standard InChI is InChI=1S/C14H17NO7/c1-9(16)20-8-19-7-12-4-5-13(15-6-12)14(21-10(2)17)22-11(3)18/h4-6,14H,7-8H2,1-3H3. The molecule has 1 aromatic heterocycles. The lowest BCUT2D eigenvalue weighted by molar-refractivity contribution is -0.187. The molecule has 1 aromatic rings. The van der Waals surface area contributed by atoms with Crippen molar-refractivity contribution in [1.29, 1.82) is 0 Å². The van der Waals surface area contributed by atoms with Crippen LogP contribution in [0.3, 0.4) is 0 Å². The van der Waals surface area contributed by atoms with Crippen LogP contribution < -0.4 is 0 Å². The van der Waals surface area contributed by atoms with Crippen LogP contribution in [0.1, 0.15) is 38.3 Å². The van der Waals surface area contributed by atoms with E-state index >= 15 is 0 Å². The molecule has 0 radical (unpaired) electrons. The Labute approximate surface area is 127 Å². The van der Waals surface area contributed by atoms with Gasteiger partial charge in [0, 0.05) is 27.0 Å². The van der Waals surface area contributed by atoms with Crippen LogP contribution in [0.4, 0.5) is 0 Å². The van der Waals surface area contributed by atoms with Gasteiger partial charge in [-0.2, -0.15) is 0 Å². The molecule has 1 rings (SSSR count). The fourth-order valence-corrected chi connectivity index (χ4v) is 1.39. The van der Waals surface area contributed by atoms with Gasteiger partial charge >= 0.3 is 17.9 Å². The van der Waals surface area contributed by atoms with Crippen molar-refractivity contribution in [3.8, 4) is 0 Å². The number of carbonyl (C=O) groups excluding carboxylic acids is 3. The Morgan fingerprint density at radius 3 is 2.14 bits per heavy atom. The van der Waals surface area contributed by atoms with Crippen LogP contribution in [0.15, 0.2) is 18.3 Å². The summed E-state index contributed by atoms with van der Waals surface area (Å²) < 4.78 is 19.5. The maximum absolute atomic E-state index is 11.0. The van der Waals surface area contributed by atoms with Gasteiger partial charge in [-0.05, 0) is 11.6 Å². The van der Waals surface area contributed by atoms with Gasteiger partial charge in [0.25, 0.3) is 6.29 Å². The molecule has 8 nitrogen and oxygen atoms in total. The number of pyridine rings is 1. The number of aromatic nitrogens is 1. The third-order valence-corrected chi connectivity index (χ3v) is 2.25. The first kappa shape index (κ1) is 17.6. The Kier molecular flexibility index (Phi) is 6.97. The van der Waals surface area contributed by atoms with E-state index in [1.807, 2.05) is 0 Å². The highest BCUT2D eigenvalue weighted by Crippen LogP contribution is 2.18. The van der Waals surface area contributed by atoms with Gasteiger partial charge in [0.1, 0.15) is 5.69 Å². The van der Waals surface area contributed by atoms with E-state index < -0.39 is 24.2 Å². The first-order chi connectivity index (χ1) is 10.4. The van der Waals surface area contributed by atoms with Crippen molar-refractivity contribution in [2.75, 3.05) is 6.79 Å². The summed E-state index contributed by atoms with van der Waals surface area (Å²) in [6, 6.07) is 3.21. The second-order valence-corrected chi connectivity index (χ2v) is 4.24. The molecule has 22 heavy (non-hydrogen) atoms. The quantitative estimate of drug-likeness (QED) is 0.421. The molecule has 0 spiro atoms. The third kappa shape index (κ3) is 6.80. The number of ether oxygens (including phenoxy) is 4. The predicted molar refractivity (Wildman–Crippen MR) is 71.9 cm³/mol. The van der Waals surface area contributed by atoms with E-state index in [9.17, 15) is 14.4 Å². The fraction of sp³-hybridized carbons (Fsp3) is 0.429. The number of esters is 3. The number of carbonyl (C=O) groups is 3. The summed E-state index contributed by atoms with van der Waals surface area (Å²) >= 11 is 0. The molecule has 0 aliphatic heterocycles. The molecule has 8 heteroatoms. The average Bonchev–Trinajstić information content (AvgIpc) is 2.42. The molecule has 0 N–H and O–H groups in total. The van der Waals surface area contributed by atoms with Crippen molar-refractivity contribution < 1.29 is 33.3 Å².